The first-order valence-corrected chi connectivity index (χ1v) is 7.91. The highest BCUT2D eigenvalue weighted by Gasteiger charge is 2.06. The van der Waals surface area contributed by atoms with Crippen molar-refractivity contribution in [2.75, 3.05) is 5.73 Å². The van der Waals surface area contributed by atoms with E-state index in [1.54, 1.807) is 0 Å². The Balaban J connectivity index is 1.56. The number of nitrogens with zero attached hydrogens (tertiary/aromatic N) is 1. The van der Waals surface area contributed by atoms with Crippen LogP contribution < -0.4 is 5.73 Å². The van der Waals surface area contributed by atoms with Gasteiger partial charge < -0.3 is 10.7 Å². The van der Waals surface area contributed by atoms with Crippen molar-refractivity contribution in [3.63, 3.8) is 0 Å². The molecule has 0 amide bonds. The molecule has 1 aromatic carbocycles. The minimum atomic E-state index is 0.855. The van der Waals surface area contributed by atoms with E-state index in [0.717, 1.165) is 41.9 Å². The van der Waals surface area contributed by atoms with Crippen LogP contribution in [0.2, 0.25) is 0 Å². The van der Waals surface area contributed by atoms with Gasteiger partial charge in [-0.3, -0.25) is 0 Å². The maximum atomic E-state index is 5.97. The first kappa shape index (κ1) is 14.7. The number of H-pyrrole nitrogens is 1. The number of thiocarbonyl (C=S) groups is 1. The molecular weight excluding hydrogens is 290 g/mol. The molecular formula is C18H19N3S. The maximum absolute atomic E-state index is 5.97. The number of benzene rings is 1. The third-order valence-electron chi connectivity index (χ3n) is 3.95. The number of hydrogen-bond donors (Lipinski definition) is 2. The first-order chi connectivity index (χ1) is 10.7. The smallest absolute Gasteiger partial charge is 0.137 e. The lowest BCUT2D eigenvalue weighted by Gasteiger charge is -2.07. The second-order valence-corrected chi connectivity index (χ2v) is 6.02. The van der Waals surface area contributed by atoms with E-state index >= 15 is 0 Å². The minimum absolute atomic E-state index is 0.855. The van der Waals surface area contributed by atoms with Gasteiger partial charge in [-0.2, -0.15) is 0 Å². The van der Waals surface area contributed by atoms with Gasteiger partial charge in [0.25, 0.3) is 0 Å². The number of nitrogens with one attached hydrogen (secondary N) is 1. The summed E-state index contributed by atoms with van der Waals surface area (Å²) in [6, 6.07) is 12.2. The molecule has 0 unspecified atom stereocenters. The van der Waals surface area contributed by atoms with Crippen molar-refractivity contribution in [1.82, 2.24) is 9.97 Å². The van der Waals surface area contributed by atoms with Crippen LogP contribution in [0.15, 0.2) is 48.8 Å². The average molecular weight is 309 g/mol. The van der Waals surface area contributed by atoms with Crippen LogP contribution in [0.3, 0.4) is 0 Å². The molecule has 3 N–H and O–H groups in total. The summed E-state index contributed by atoms with van der Waals surface area (Å²) in [5.74, 6) is 0. The van der Waals surface area contributed by atoms with E-state index in [-0.39, 0.29) is 0 Å². The molecule has 112 valence electrons. The summed E-state index contributed by atoms with van der Waals surface area (Å²) in [7, 11) is 0. The molecule has 0 spiro atoms. The normalized spacial score (nSPS) is 10.9. The van der Waals surface area contributed by atoms with Crippen LogP contribution in [0.5, 0.6) is 0 Å². The molecule has 4 heteroatoms. The predicted octanol–water partition coefficient (Wildman–Crippen LogP) is 4.08. The summed E-state index contributed by atoms with van der Waals surface area (Å²) in [4.78, 5) is 8.56. The van der Waals surface area contributed by atoms with Gasteiger partial charge in [-0.05, 0) is 59.9 Å². The molecule has 0 atom stereocenters. The van der Waals surface area contributed by atoms with Crippen molar-refractivity contribution in [2.24, 2.45) is 0 Å². The van der Waals surface area contributed by atoms with Crippen LogP contribution in [0.1, 0.15) is 24.0 Å². The molecule has 0 bridgehead atoms. The number of pyridine rings is 1. The molecule has 0 aliphatic carbocycles. The summed E-state index contributed by atoms with van der Waals surface area (Å²) in [6.45, 7) is 0. The molecule has 0 radical (unpaired) electrons. The quantitative estimate of drug-likeness (QED) is 0.533. The van der Waals surface area contributed by atoms with Gasteiger partial charge in [-0.25, -0.2) is 4.98 Å². The zero-order valence-electron chi connectivity index (χ0n) is 12.4. The Morgan fingerprint density at radius 3 is 2.64 bits per heavy atom. The lowest BCUT2D eigenvalue weighted by molar-refractivity contribution is 0.981. The number of fused-ring (bicyclic) bond motifs is 1. The first-order valence-electron chi connectivity index (χ1n) is 7.50. The van der Waals surface area contributed by atoms with Crippen molar-refractivity contribution in [2.45, 2.75) is 25.7 Å². The van der Waals surface area contributed by atoms with E-state index in [4.69, 9.17) is 18.0 Å². The van der Waals surface area contributed by atoms with Gasteiger partial charge in [-0.15, -0.1) is 0 Å². The highest BCUT2D eigenvalue weighted by Crippen LogP contribution is 2.18. The fourth-order valence-corrected chi connectivity index (χ4v) is 2.88. The number of para-hydroxylation sites is 1. The average Bonchev–Trinajstić information content (AvgIpc) is 3.01. The molecule has 2 heterocycles. The Labute approximate surface area is 135 Å². The zero-order chi connectivity index (χ0) is 15.4. The zero-order valence-corrected chi connectivity index (χ0v) is 13.2. The molecule has 0 fully saturated rings. The highest BCUT2D eigenvalue weighted by atomic mass is 32.1. The van der Waals surface area contributed by atoms with Crippen molar-refractivity contribution in [1.29, 1.82) is 0 Å². The third kappa shape index (κ3) is 3.34. The van der Waals surface area contributed by atoms with Crippen molar-refractivity contribution in [3.8, 4) is 0 Å². The second kappa shape index (κ2) is 6.71. The molecule has 2 aromatic heterocycles. The van der Waals surface area contributed by atoms with Crippen LogP contribution in [0.4, 0.5) is 5.69 Å². The Kier molecular flexibility index (Phi) is 4.49. The van der Waals surface area contributed by atoms with Crippen LogP contribution in [0.25, 0.3) is 11.0 Å². The Hall–Kier alpha value is -2.20. The molecule has 22 heavy (non-hydrogen) atoms. The molecule has 3 rings (SSSR count). The van der Waals surface area contributed by atoms with Gasteiger partial charge in [0.1, 0.15) is 5.65 Å². The van der Waals surface area contributed by atoms with Gasteiger partial charge >= 0.3 is 0 Å². The Morgan fingerprint density at radius 2 is 1.82 bits per heavy atom. The SMILES string of the molecule is Nc1ccccc1CCC(=S)CCc1ccnc2[nH]ccc12. The minimum Gasteiger partial charge on any atom is -0.399 e. The van der Waals surface area contributed by atoms with E-state index in [1.807, 2.05) is 30.6 Å². The summed E-state index contributed by atoms with van der Waals surface area (Å²) >= 11 is 5.53. The molecule has 0 saturated heterocycles. The summed E-state index contributed by atoms with van der Waals surface area (Å²) < 4.78 is 0. The number of aromatic amines is 1. The summed E-state index contributed by atoms with van der Waals surface area (Å²) in [6.07, 6.45) is 7.48. The molecule has 3 nitrogen and oxygen atoms in total. The summed E-state index contributed by atoms with van der Waals surface area (Å²) in [5.41, 5.74) is 10.2. The molecule has 0 aliphatic rings. The van der Waals surface area contributed by atoms with E-state index in [1.165, 1.54) is 16.5 Å². The number of nitrogen functional groups attached to an aromatic ring is 1. The van der Waals surface area contributed by atoms with Crippen LogP contribution in [0, 0.1) is 0 Å². The molecule has 0 aliphatic heterocycles. The van der Waals surface area contributed by atoms with Crippen molar-refractivity contribution >= 4 is 33.8 Å². The molecule has 3 aromatic rings. The predicted molar refractivity (Wildman–Crippen MR) is 96.2 cm³/mol. The Morgan fingerprint density at radius 1 is 1.05 bits per heavy atom. The third-order valence-corrected chi connectivity index (χ3v) is 4.36. The van der Waals surface area contributed by atoms with Gasteiger partial charge in [0, 0.05) is 23.5 Å². The number of rotatable bonds is 6. The number of anilines is 1. The van der Waals surface area contributed by atoms with Crippen LogP contribution in [-0.2, 0) is 12.8 Å². The van der Waals surface area contributed by atoms with E-state index < -0.39 is 0 Å². The highest BCUT2D eigenvalue weighted by molar-refractivity contribution is 7.80. The van der Waals surface area contributed by atoms with Crippen LogP contribution >= 0.6 is 12.2 Å². The van der Waals surface area contributed by atoms with Gasteiger partial charge in [0.2, 0.25) is 0 Å². The summed E-state index contributed by atoms with van der Waals surface area (Å²) in [5, 5.41) is 1.19. The monoisotopic (exact) mass is 309 g/mol. The number of nitrogens with two attached hydrogens (primary N) is 1. The number of aryl methyl sites for hydroxylation is 2. The number of hydrogen-bond acceptors (Lipinski definition) is 3. The van der Waals surface area contributed by atoms with E-state index in [0.29, 0.717) is 0 Å². The van der Waals surface area contributed by atoms with Crippen LogP contribution in [-0.4, -0.2) is 14.8 Å². The standard InChI is InChI=1S/C18H19N3S/c19-17-4-2-1-3-14(17)6-8-15(22)7-5-13-9-11-20-18-16(13)10-12-21-18/h1-4,9-12H,5-8,19H2,(H,20,21). The van der Waals surface area contributed by atoms with Gasteiger partial charge in [-0.1, -0.05) is 30.4 Å². The fourth-order valence-electron chi connectivity index (χ4n) is 2.67. The fraction of sp³-hybridized carbons (Fsp3) is 0.222. The van der Waals surface area contributed by atoms with Crippen molar-refractivity contribution < 1.29 is 0 Å². The van der Waals surface area contributed by atoms with Gasteiger partial charge in [0.05, 0.1) is 0 Å². The maximum Gasteiger partial charge on any atom is 0.137 e. The number of aromatic nitrogens is 2. The Bertz CT molecular complexity index is 792. The lowest BCUT2D eigenvalue weighted by Crippen LogP contribution is -2.02. The lowest BCUT2D eigenvalue weighted by atomic mass is 10.0. The van der Waals surface area contributed by atoms with E-state index in [2.05, 4.69) is 28.2 Å². The molecule has 0 saturated carbocycles. The second-order valence-electron chi connectivity index (χ2n) is 5.45. The van der Waals surface area contributed by atoms with Crippen molar-refractivity contribution in [3.05, 3.63) is 59.9 Å². The van der Waals surface area contributed by atoms with Gasteiger partial charge in [0.15, 0.2) is 0 Å². The largest absolute Gasteiger partial charge is 0.399 e. The topological polar surface area (TPSA) is 54.7 Å². The van der Waals surface area contributed by atoms with E-state index in [9.17, 15) is 0 Å².